The summed E-state index contributed by atoms with van der Waals surface area (Å²) in [6.07, 6.45) is 5.58. The van der Waals surface area contributed by atoms with Gasteiger partial charge in [-0.05, 0) is 61.2 Å². The molecule has 6 rings (SSSR count). The summed E-state index contributed by atoms with van der Waals surface area (Å²) in [4.78, 5) is 82.8. The van der Waals surface area contributed by atoms with Crippen LogP contribution in [0.2, 0.25) is 0 Å². The highest BCUT2D eigenvalue weighted by molar-refractivity contribution is 6.25. The maximum atomic E-state index is 13.2. The number of hydrogen-bond donors (Lipinski definition) is 3. The van der Waals surface area contributed by atoms with Crippen molar-refractivity contribution in [3.05, 3.63) is 94.2 Å². The maximum absolute atomic E-state index is 13.2. The van der Waals surface area contributed by atoms with E-state index in [-0.39, 0.29) is 48.6 Å². The van der Waals surface area contributed by atoms with Crippen LogP contribution in [0.25, 0.3) is 21.9 Å². The lowest BCUT2D eigenvalue weighted by molar-refractivity contribution is -0.136. The van der Waals surface area contributed by atoms with E-state index in [2.05, 4.69) is 32.4 Å². The monoisotopic (exact) mass is 823 g/mol. The number of aryl methyl sites for hydroxylation is 1. The van der Waals surface area contributed by atoms with Gasteiger partial charge in [-0.3, -0.25) is 44.0 Å². The van der Waals surface area contributed by atoms with Gasteiger partial charge in [-0.1, -0.05) is 12.6 Å². The molecule has 0 radical (unpaired) electrons. The summed E-state index contributed by atoms with van der Waals surface area (Å²) in [6.45, 7) is 6.78. The fourth-order valence-electron chi connectivity index (χ4n) is 7.23. The Kier molecular flexibility index (Phi) is 14.1. The molecular formula is C43H49N7O10. The van der Waals surface area contributed by atoms with Crippen LogP contribution < -0.4 is 31.0 Å². The molecule has 0 bridgehead atoms. The summed E-state index contributed by atoms with van der Waals surface area (Å²) in [5.74, 6) is -1.26. The van der Waals surface area contributed by atoms with Crippen LogP contribution >= 0.6 is 0 Å². The Morgan fingerprint density at radius 2 is 1.67 bits per heavy atom. The quantitative estimate of drug-likeness (QED) is 0.0669. The van der Waals surface area contributed by atoms with E-state index in [9.17, 15) is 28.8 Å². The molecular weight excluding hydrogens is 775 g/mol. The Balaban J connectivity index is 0.879. The third-order valence-electron chi connectivity index (χ3n) is 10.4. The van der Waals surface area contributed by atoms with Crippen molar-refractivity contribution in [3.63, 3.8) is 0 Å². The normalized spacial score (nSPS) is 15.0. The topological polar surface area (TPSA) is 200 Å². The van der Waals surface area contributed by atoms with Crippen LogP contribution in [0.3, 0.4) is 0 Å². The first kappa shape index (κ1) is 43.2. The largest absolute Gasteiger partial charge is 0.496 e. The molecule has 17 nitrogen and oxygen atoms in total. The van der Waals surface area contributed by atoms with Crippen molar-refractivity contribution in [2.75, 3.05) is 72.6 Å². The van der Waals surface area contributed by atoms with Crippen LogP contribution in [0.4, 0.5) is 5.69 Å². The third kappa shape index (κ3) is 9.54. The van der Waals surface area contributed by atoms with E-state index < -0.39 is 29.7 Å². The first-order valence-corrected chi connectivity index (χ1v) is 19.5. The zero-order valence-corrected chi connectivity index (χ0v) is 34.1. The van der Waals surface area contributed by atoms with Gasteiger partial charge >= 0.3 is 0 Å². The van der Waals surface area contributed by atoms with E-state index in [4.69, 9.17) is 18.9 Å². The van der Waals surface area contributed by atoms with E-state index in [0.717, 1.165) is 27.0 Å². The number of anilines is 1. The molecule has 4 aromatic rings. The number of nitrogens with zero attached hydrogens (tertiary/aromatic N) is 4. The lowest BCUT2D eigenvalue weighted by atomic mass is 9.99. The van der Waals surface area contributed by atoms with Gasteiger partial charge in [0.05, 0.1) is 62.7 Å². The van der Waals surface area contributed by atoms with Crippen molar-refractivity contribution < 1.29 is 42.9 Å². The van der Waals surface area contributed by atoms with Crippen molar-refractivity contribution in [1.29, 1.82) is 0 Å². The molecule has 1 atom stereocenters. The number of pyridine rings is 2. The highest BCUT2D eigenvalue weighted by Crippen LogP contribution is 2.38. The molecule has 3 N–H and O–H groups in total. The summed E-state index contributed by atoms with van der Waals surface area (Å²) in [7, 11) is 6.84. The minimum atomic E-state index is -1.04. The van der Waals surface area contributed by atoms with Gasteiger partial charge in [0.25, 0.3) is 17.4 Å². The van der Waals surface area contributed by atoms with Gasteiger partial charge in [0.2, 0.25) is 17.7 Å². The molecule has 1 fully saturated rings. The number of rotatable bonds is 20. The van der Waals surface area contributed by atoms with Gasteiger partial charge in [-0.2, -0.15) is 0 Å². The van der Waals surface area contributed by atoms with Gasteiger partial charge < -0.3 is 39.0 Å². The number of ether oxygens (including phenoxy) is 4. The summed E-state index contributed by atoms with van der Waals surface area (Å²) in [6, 6.07) is 9.50. The number of carbonyl (C=O) groups excluding carboxylic acids is 5. The zero-order valence-electron chi connectivity index (χ0n) is 34.1. The zero-order chi connectivity index (χ0) is 42.9. The van der Waals surface area contributed by atoms with E-state index >= 15 is 0 Å². The molecule has 0 aliphatic carbocycles. The van der Waals surface area contributed by atoms with Gasteiger partial charge in [-0.25, -0.2) is 0 Å². The molecule has 17 heteroatoms. The van der Waals surface area contributed by atoms with E-state index in [1.807, 2.05) is 25.2 Å². The number of hydrogen-bond acceptors (Lipinski definition) is 13. The number of amides is 5. The van der Waals surface area contributed by atoms with E-state index in [0.29, 0.717) is 74.0 Å². The third-order valence-corrected chi connectivity index (χ3v) is 10.4. The number of nitrogens with one attached hydrogen (secondary N) is 3. The molecule has 60 heavy (non-hydrogen) atoms. The van der Waals surface area contributed by atoms with Crippen molar-refractivity contribution in [3.8, 4) is 22.6 Å². The highest BCUT2D eigenvalue weighted by Gasteiger charge is 2.45. The predicted molar refractivity (Wildman–Crippen MR) is 222 cm³/mol. The summed E-state index contributed by atoms with van der Waals surface area (Å²) in [5, 5.41) is 9.44. The van der Waals surface area contributed by atoms with Crippen molar-refractivity contribution in [2.45, 2.75) is 31.8 Å². The average molecular weight is 824 g/mol. The Labute approximate surface area is 346 Å². The van der Waals surface area contributed by atoms with Crippen LogP contribution in [0.5, 0.6) is 11.5 Å². The maximum Gasteiger partial charge on any atom is 0.264 e. The molecule has 1 saturated heterocycles. The second kappa shape index (κ2) is 19.5. The van der Waals surface area contributed by atoms with Crippen molar-refractivity contribution >= 4 is 46.0 Å². The number of piperidine rings is 1. The van der Waals surface area contributed by atoms with Gasteiger partial charge in [-0.15, -0.1) is 0 Å². The lowest BCUT2D eigenvalue weighted by Crippen LogP contribution is -2.54. The van der Waals surface area contributed by atoms with Crippen molar-refractivity contribution in [2.24, 2.45) is 7.05 Å². The fourth-order valence-corrected chi connectivity index (χ4v) is 7.23. The second-order valence-electron chi connectivity index (χ2n) is 14.4. The van der Waals surface area contributed by atoms with E-state index in [1.165, 1.54) is 10.6 Å². The fraction of sp³-hybridized carbons (Fsp3) is 0.372. The summed E-state index contributed by atoms with van der Waals surface area (Å²) in [5.41, 5.74) is 3.63. The SMILES string of the molecule is C=C(CCN(C)Cc1c(OC)cc(-c2cn(C)c(=O)c3cnccc23)cc1OC)C(=O)NCCOCCOCCNc1cccc2c1C(=O)N(C1CCC(=O)NC1=O)C2=O. The summed E-state index contributed by atoms with van der Waals surface area (Å²) >= 11 is 0. The van der Waals surface area contributed by atoms with Crippen molar-refractivity contribution in [1.82, 2.24) is 30.0 Å². The molecule has 2 aliphatic heterocycles. The standard InChI is InChI=1S/C43H49N7O10/c1-26(12-16-48(2)24-32-35(57-4)21-27(22-36(32)58-5)31-25-49(3)41(54)30-23-44-13-11-28(30)31)39(52)46-15-18-60-20-19-59-17-14-45-33-8-6-7-29-38(33)43(56)50(42(29)55)34-9-10-37(51)47-40(34)53/h6-8,11,13,21-23,25,34,45H,1,9-10,12,14-20,24H2,2-5H3,(H,46,52)(H,47,51,53). The Morgan fingerprint density at radius 1 is 0.950 bits per heavy atom. The molecule has 0 spiro atoms. The molecule has 2 aliphatic rings. The van der Waals surface area contributed by atoms with Crippen LogP contribution in [0.15, 0.2) is 71.9 Å². The van der Waals surface area contributed by atoms with Crippen LogP contribution in [-0.2, 0) is 37.4 Å². The molecule has 5 amide bonds. The molecule has 1 unspecified atom stereocenters. The van der Waals surface area contributed by atoms with Crippen LogP contribution in [-0.4, -0.2) is 122 Å². The lowest BCUT2D eigenvalue weighted by Gasteiger charge is -2.27. The molecule has 4 heterocycles. The van der Waals surface area contributed by atoms with Crippen LogP contribution in [0.1, 0.15) is 45.5 Å². The minimum absolute atomic E-state index is 0.0471. The second-order valence-corrected chi connectivity index (χ2v) is 14.4. The smallest absolute Gasteiger partial charge is 0.264 e. The number of fused-ring (bicyclic) bond motifs is 2. The summed E-state index contributed by atoms with van der Waals surface area (Å²) < 4.78 is 24.4. The first-order valence-electron chi connectivity index (χ1n) is 19.5. The number of aromatic nitrogens is 2. The van der Waals surface area contributed by atoms with Gasteiger partial charge in [0.1, 0.15) is 17.5 Å². The minimum Gasteiger partial charge on any atom is -0.496 e. The predicted octanol–water partition coefficient (Wildman–Crippen LogP) is 2.66. The van der Waals surface area contributed by atoms with E-state index in [1.54, 1.807) is 52.0 Å². The Hall–Kier alpha value is -6.43. The number of methoxy groups -OCH3 is 2. The highest BCUT2D eigenvalue weighted by atomic mass is 16.5. The molecule has 316 valence electrons. The average Bonchev–Trinajstić information content (AvgIpc) is 3.50. The molecule has 2 aromatic heterocycles. The van der Waals surface area contributed by atoms with Crippen LogP contribution in [0, 0.1) is 0 Å². The number of benzene rings is 2. The first-order chi connectivity index (χ1) is 28.9. The molecule has 0 saturated carbocycles. The van der Waals surface area contributed by atoms with Gasteiger partial charge in [0, 0.05) is 75.1 Å². The number of imide groups is 2. The number of carbonyl (C=O) groups is 5. The Bertz CT molecular complexity index is 2350. The molecule has 2 aromatic carbocycles. The Morgan fingerprint density at radius 3 is 2.37 bits per heavy atom. The van der Waals surface area contributed by atoms with Gasteiger partial charge in [0.15, 0.2) is 0 Å².